The highest BCUT2D eigenvalue weighted by atomic mass is 19.4. The fourth-order valence-corrected chi connectivity index (χ4v) is 3.99. The van der Waals surface area contributed by atoms with Crippen molar-refractivity contribution in [2.75, 3.05) is 24.6 Å². The van der Waals surface area contributed by atoms with Crippen molar-refractivity contribution in [2.24, 2.45) is 0 Å². The van der Waals surface area contributed by atoms with Gasteiger partial charge >= 0.3 is 6.18 Å². The summed E-state index contributed by atoms with van der Waals surface area (Å²) in [6.45, 7) is 5.44. The van der Waals surface area contributed by atoms with Crippen LogP contribution < -0.4 is 4.90 Å². The Morgan fingerprint density at radius 2 is 1.82 bits per heavy atom. The molecular formula is C24H21F3N6O. The molecule has 34 heavy (non-hydrogen) atoms. The highest BCUT2D eigenvalue weighted by Crippen LogP contribution is 2.33. The molecule has 1 unspecified atom stereocenters. The number of anilines is 1. The van der Waals surface area contributed by atoms with E-state index < -0.39 is 11.9 Å². The average Bonchev–Trinajstić information content (AvgIpc) is 2.83. The normalized spacial score (nSPS) is 16.7. The number of hydrogen-bond donors (Lipinski definition) is 0. The summed E-state index contributed by atoms with van der Waals surface area (Å²) in [5.41, 5.74) is 3.70. The lowest BCUT2D eigenvalue weighted by molar-refractivity contribution is -0.141. The van der Waals surface area contributed by atoms with Gasteiger partial charge in [0.05, 0.1) is 17.8 Å². The highest BCUT2D eigenvalue weighted by Gasteiger charge is 2.32. The van der Waals surface area contributed by atoms with Crippen LogP contribution in [-0.2, 0) is 10.9 Å². The van der Waals surface area contributed by atoms with E-state index in [1.807, 2.05) is 32.0 Å². The van der Waals surface area contributed by atoms with E-state index in [0.29, 0.717) is 47.8 Å². The van der Waals surface area contributed by atoms with Gasteiger partial charge in [-0.1, -0.05) is 0 Å². The molecule has 0 spiro atoms. The van der Waals surface area contributed by atoms with Crippen LogP contribution in [0, 0.1) is 13.8 Å². The minimum absolute atomic E-state index is 0.160. The molecule has 0 amide bonds. The lowest BCUT2D eigenvalue weighted by Crippen LogP contribution is -2.39. The molecule has 7 nitrogen and oxygen atoms in total. The van der Waals surface area contributed by atoms with Crippen molar-refractivity contribution >= 4 is 16.9 Å². The second-order valence-electron chi connectivity index (χ2n) is 8.17. The van der Waals surface area contributed by atoms with Gasteiger partial charge < -0.3 is 9.64 Å². The molecule has 0 radical (unpaired) electrons. The smallest absolute Gasteiger partial charge is 0.370 e. The number of aromatic nitrogens is 5. The van der Waals surface area contributed by atoms with Crippen molar-refractivity contribution < 1.29 is 17.9 Å². The molecular weight excluding hydrogens is 445 g/mol. The molecule has 1 aliphatic rings. The SMILES string of the molecule is Cc1cc(C2CN(c3cc4nc(C)cnc4c(-c4ccc(C(F)(F)F)nc4)n3)CCO2)ccn1. The van der Waals surface area contributed by atoms with E-state index in [9.17, 15) is 13.2 Å². The Kier molecular flexibility index (Phi) is 5.60. The standard InChI is InChI=1S/C24H21F3N6O/c1-14-9-16(5-6-28-14)19-13-33(7-8-34-19)21-10-18-23(30-11-15(2)31-18)22(32-21)17-3-4-20(29-12-17)24(25,26)27/h3-6,9-12,19H,7-8,13H2,1-2H3. The van der Waals surface area contributed by atoms with E-state index in [0.717, 1.165) is 23.0 Å². The Morgan fingerprint density at radius 1 is 0.971 bits per heavy atom. The van der Waals surface area contributed by atoms with Crippen LogP contribution >= 0.6 is 0 Å². The van der Waals surface area contributed by atoms with Crippen LogP contribution in [0.1, 0.15) is 28.7 Å². The molecule has 1 aliphatic heterocycles. The molecule has 5 heterocycles. The van der Waals surface area contributed by atoms with Crippen molar-refractivity contribution in [1.82, 2.24) is 24.9 Å². The Balaban J connectivity index is 1.55. The fraction of sp³-hybridized carbons (Fsp3) is 0.292. The van der Waals surface area contributed by atoms with Gasteiger partial charge in [-0.05, 0) is 43.7 Å². The molecule has 1 atom stereocenters. The van der Waals surface area contributed by atoms with Gasteiger partial charge in [0.1, 0.15) is 28.8 Å². The Labute approximate surface area is 193 Å². The number of morpholine rings is 1. The van der Waals surface area contributed by atoms with Gasteiger partial charge in [-0.2, -0.15) is 13.2 Å². The molecule has 4 aromatic rings. The molecule has 0 saturated carbocycles. The van der Waals surface area contributed by atoms with Crippen molar-refractivity contribution in [2.45, 2.75) is 26.1 Å². The number of alkyl halides is 3. The summed E-state index contributed by atoms with van der Waals surface area (Å²) in [4.78, 5) is 23.8. The van der Waals surface area contributed by atoms with E-state index in [1.54, 1.807) is 12.4 Å². The van der Waals surface area contributed by atoms with Gasteiger partial charge in [-0.25, -0.2) is 9.97 Å². The number of pyridine rings is 3. The average molecular weight is 466 g/mol. The van der Waals surface area contributed by atoms with E-state index >= 15 is 0 Å². The van der Waals surface area contributed by atoms with Gasteiger partial charge in [0.15, 0.2) is 0 Å². The van der Waals surface area contributed by atoms with Crippen LogP contribution in [0.2, 0.25) is 0 Å². The van der Waals surface area contributed by atoms with Gasteiger partial charge in [-0.15, -0.1) is 0 Å². The number of halogens is 3. The third kappa shape index (κ3) is 4.41. The Bertz CT molecular complexity index is 1340. The quantitative estimate of drug-likeness (QED) is 0.433. The summed E-state index contributed by atoms with van der Waals surface area (Å²) in [5.74, 6) is 0.654. The van der Waals surface area contributed by atoms with E-state index in [4.69, 9.17) is 9.72 Å². The van der Waals surface area contributed by atoms with Crippen LogP contribution in [-0.4, -0.2) is 44.6 Å². The maximum Gasteiger partial charge on any atom is 0.433 e. The molecule has 0 aromatic carbocycles. The lowest BCUT2D eigenvalue weighted by Gasteiger charge is -2.34. The van der Waals surface area contributed by atoms with E-state index in [-0.39, 0.29) is 6.10 Å². The lowest BCUT2D eigenvalue weighted by atomic mass is 10.1. The summed E-state index contributed by atoms with van der Waals surface area (Å²) in [6, 6.07) is 8.11. The van der Waals surface area contributed by atoms with Crippen molar-refractivity contribution in [3.05, 3.63) is 71.6 Å². The number of ether oxygens (including phenoxy) is 1. The van der Waals surface area contributed by atoms with Crippen LogP contribution in [0.3, 0.4) is 0 Å². The van der Waals surface area contributed by atoms with Crippen molar-refractivity contribution in [3.63, 3.8) is 0 Å². The predicted molar refractivity (Wildman–Crippen MR) is 120 cm³/mol. The Morgan fingerprint density at radius 3 is 2.56 bits per heavy atom. The van der Waals surface area contributed by atoms with Gasteiger partial charge in [0, 0.05) is 49.0 Å². The monoisotopic (exact) mass is 466 g/mol. The third-order valence-electron chi connectivity index (χ3n) is 5.65. The zero-order chi connectivity index (χ0) is 23.9. The summed E-state index contributed by atoms with van der Waals surface area (Å²) in [7, 11) is 0. The molecule has 0 bridgehead atoms. The van der Waals surface area contributed by atoms with Crippen LogP contribution in [0.25, 0.3) is 22.3 Å². The van der Waals surface area contributed by atoms with Gasteiger partial charge in [0.2, 0.25) is 0 Å². The zero-order valence-electron chi connectivity index (χ0n) is 18.5. The largest absolute Gasteiger partial charge is 0.433 e. The van der Waals surface area contributed by atoms with E-state index in [1.165, 1.54) is 12.3 Å². The topological polar surface area (TPSA) is 76.9 Å². The number of aryl methyl sites for hydroxylation is 2. The van der Waals surface area contributed by atoms with Gasteiger partial charge in [0.25, 0.3) is 0 Å². The minimum atomic E-state index is -4.51. The maximum atomic E-state index is 13.0. The fourth-order valence-electron chi connectivity index (χ4n) is 3.99. The van der Waals surface area contributed by atoms with Crippen LogP contribution in [0.4, 0.5) is 19.0 Å². The minimum Gasteiger partial charge on any atom is -0.370 e. The first-order valence-electron chi connectivity index (χ1n) is 10.7. The highest BCUT2D eigenvalue weighted by molar-refractivity contribution is 5.91. The third-order valence-corrected chi connectivity index (χ3v) is 5.65. The summed E-state index contributed by atoms with van der Waals surface area (Å²) in [5, 5.41) is 0. The zero-order valence-corrected chi connectivity index (χ0v) is 18.5. The maximum absolute atomic E-state index is 13.0. The molecule has 0 N–H and O–H groups in total. The number of fused-ring (bicyclic) bond motifs is 1. The van der Waals surface area contributed by atoms with Crippen molar-refractivity contribution in [3.8, 4) is 11.3 Å². The molecule has 5 rings (SSSR count). The molecule has 0 aliphatic carbocycles. The summed E-state index contributed by atoms with van der Waals surface area (Å²) >= 11 is 0. The van der Waals surface area contributed by atoms with Crippen molar-refractivity contribution in [1.29, 1.82) is 0 Å². The van der Waals surface area contributed by atoms with E-state index in [2.05, 4.69) is 24.8 Å². The second kappa shape index (κ2) is 8.60. The second-order valence-corrected chi connectivity index (χ2v) is 8.17. The van der Waals surface area contributed by atoms with Gasteiger partial charge in [-0.3, -0.25) is 15.0 Å². The van der Waals surface area contributed by atoms with Crippen LogP contribution in [0.15, 0.2) is 48.9 Å². The summed E-state index contributed by atoms with van der Waals surface area (Å²) in [6.07, 6.45) is -0.123. The molecule has 4 aromatic heterocycles. The Hall–Kier alpha value is -3.66. The molecule has 1 fully saturated rings. The first-order valence-corrected chi connectivity index (χ1v) is 10.7. The summed E-state index contributed by atoms with van der Waals surface area (Å²) < 4.78 is 45.0. The first-order chi connectivity index (χ1) is 16.3. The van der Waals surface area contributed by atoms with Crippen LogP contribution in [0.5, 0.6) is 0 Å². The number of nitrogens with zero attached hydrogens (tertiary/aromatic N) is 6. The number of hydrogen-bond acceptors (Lipinski definition) is 7. The first kappa shape index (κ1) is 22.1. The molecule has 174 valence electrons. The number of rotatable bonds is 3. The molecule has 10 heteroatoms. The molecule has 1 saturated heterocycles. The predicted octanol–water partition coefficient (Wildman–Crippen LogP) is 4.70.